The molecule has 1 amide bonds. The second-order valence-electron chi connectivity index (χ2n) is 6.63. The predicted molar refractivity (Wildman–Crippen MR) is 121 cm³/mol. The van der Waals surface area contributed by atoms with Gasteiger partial charge in [0.25, 0.3) is 15.9 Å². The molecule has 0 fully saturated rings. The summed E-state index contributed by atoms with van der Waals surface area (Å²) in [5.41, 5.74) is 2.11. The lowest BCUT2D eigenvalue weighted by Gasteiger charge is -2.12. The largest absolute Gasteiger partial charge is 0.497 e. The van der Waals surface area contributed by atoms with Gasteiger partial charge in [-0.2, -0.15) is 0 Å². The fourth-order valence-corrected chi connectivity index (χ4v) is 4.00. The lowest BCUT2D eigenvalue weighted by atomic mass is 10.2. The molecule has 0 aliphatic rings. The van der Waals surface area contributed by atoms with Crippen molar-refractivity contribution in [3.8, 4) is 11.5 Å². The van der Waals surface area contributed by atoms with Crippen LogP contribution in [0.5, 0.6) is 11.5 Å². The number of ether oxygens (including phenoxy) is 2. The minimum atomic E-state index is -3.86. The summed E-state index contributed by atoms with van der Waals surface area (Å²) in [6.45, 7) is 1.68. The normalized spacial score (nSPS) is 10.9. The number of anilines is 2. The summed E-state index contributed by atoms with van der Waals surface area (Å²) < 4.78 is 38.2. The van der Waals surface area contributed by atoms with E-state index in [9.17, 15) is 13.2 Å². The van der Waals surface area contributed by atoms with Gasteiger partial charge in [-0.3, -0.25) is 9.52 Å². The van der Waals surface area contributed by atoms with Crippen LogP contribution in [0.15, 0.2) is 71.6 Å². The molecule has 0 aromatic heterocycles. The highest BCUT2D eigenvalue weighted by molar-refractivity contribution is 7.92. The molecule has 3 rings (SSSR count). The van der Waals surface area contributed by atoms with E-state index in [1.165, 1.54) is 25.3 Å². The number of sulfonamides is 1. The molecular weight excluding hydrogens is 440 g/mol. The van der Waals surface area contributed by atoms with Gasteiger partial charge in [-0.15, -0.1) is 0 Å². The molecule has 3 aromatic rings. The number of hydrogen-bond acceptors (Lipinski definition) is 5. The third-order valence-electron chi connectivity index (χ3n) is 4.25. The molecule has 0 heterocycles. The molecule has 0 radical (unpaired) electrons. The van der Waals surface area contributed by atoms with Crippen molar-refractivity contribution in [3.05, 3.63) is 77.3 Å². The van der Waals surface area contributed by atoms with Crippen LogP contribution in [-0.4, -0.2) is 28.0 Å². The van der Waals surface area contributed by atoms with Gasteiger partial charge in [-0.1, -0.05) is 29.3 Å². The van der Waals surface area contributed by atoms with Crippen molar-refractivity contribution in [2.45, 2.75) is 11.8 Å². The molecule has 2 N–H and O–H groups in total. The van der Waals surface area contributed by atoms with Gasteiger partial charge >= 0.3 is 0 Å². The molecule has 0 saturated carbocycles. The third kappa shape index (κ3) is 6.13. The molecule has 0 bridgehead atoms. The van der Waals surface area contributed by atoms with Gasteiger partial charge in [0.2, 0.25) is 0 Å². The van der Waals surface area contributed by atoms with Gasteiger partial charge in [0.1, 0.15) is 11.5 Å². The fourth-order valence-electron chi connectivity index (χ4n) is 2.62. The summed E-state index contributed by atoms with van der Waals surface area (Å²) >= 11 is 6.17. The average Bonchev–Trinajstić information content (AvgIpc) is 2.75. The Balaban J connectivity index is 1.63. The average molecular weight is 461 g/mol. The molecule has 7 nitrogen and oxygen atoms in total. The van der Waals surface area contributed by atoms with E-state index >= 15 is 0 Å². The highest BCUT2D eigenvalue weighted by Gasteiger charge is 2.17. The number of carbonyl (C=O) groups excluding carboxylic acids is 1. The van der Waals surface area contributed by atoms with Crippen LogP contribution in [0.3, 0.4) is 0 Å². The van der Waals surface area contributed by atoms with Crippen molar-refractivity contribution in [1.29, 1.82) is 0 Å². The molecule has 0 aliphatic heterocycles. The minimum absolute atomic E-state index is 0.0372. The highest BCUT2D eigenvalue weighted by Crippen LogP contribution is 2.28. The Kier molecular flexibility index (Phi) is 7.04. The van der Waals surface area contributed by atoms with Gasteiger partial charge in [0, 0.05) is 11.4 Å². The number of halogens is 1. The topological polar surface area (TPSA) is 93.7 Å². The number of benzene rings is 3. The van der Waals surface area contributed by atoms with E-state index in [-0.39, 0.29) is 28.2 Å². The van der Waals surface area contributed by atoms with Crippen LogP contribution in [-0.2, 0) is 14.8 Å². The lowest BCUT2D eigenvalue weighted by molar-refractivity contribution is -0.118. The number of amides is 1. The lowest BCUT2D eigenvalue weighted by Crippen LogP contribution is -2.20. The number of aryl methyl sites for hydroxylation is 1. The molecule has 31 heavy (non-hydrogen) atoms. The number of carbonyl (C=O) groups is 1. The van der Waals surface area contributed by atoms with E-state index in [4.69, 9.17) is 21.1 Å². The van der Waals surface area contributed by atoms with Crippen molar-refractivity contribution >= 4 is 38.9 Å². The number of rotatable bonds is 8. The summed E-state index contributed by atoms with van der Waals surface area (Å²) in [6.07, 6.45) is 0. The molecular formula is C22H21ClN2O5S. The maximum absolute atomic E-state index is 12.6. The van der Waals surface area contributed by atoms with Crippen molar-refractivity contribution in [2.24, 2.45) is 0 Å². The molecule has 0 unspecified atom stereocenters. The van der Waals surface area contributed by atoms with Gasteiger partial charge in [-0.05, 0) is 61.5 Å². The Morgan fingerprint density at radius 2 is 1.61 bits per heavy atom. The monoisotopic (exact) mass is 460 g/mol. The zero-order valence-electron chi connectivity index (χ0n) is 16.9. The van der Waals surface area contributed by atoms with Crippen molar-refractivity contribution < 1.29 is 22.7 Å². The van der Waals surface area contributed by atoms with Gasteiger partial charge in [-0.25, -0.2) is 8.42 Å². The zero-order valence-corrected chi connectivity index (χ0v) is 18.5. The zero-order chi connectivity index (χ0) is 22.4. The minimum Gasteiger partial charge on any atom is -0.497 e. The Morgan fingerprint density at radius 1 is 0.968 bits per heavy atom. The Labute approximate surface area is 186 Å². The molecule has 0 spiro atoms. The predicted octanol–water partition coefficient (Wildman–Crippen LogP) is 4.48. The van der Waals surface area contributed by atoms with E-state index < -0.39 is 10.0 Å². The van der Waals surface area contributed by atoms with Crippen LogP contribution in [0.4, 0.5) is 11.4 Å². The summed E-state index contributed by atoms with van der Waals surface area (Å²) in [5, 5.41) is 2.78. The van der Waals surface area contributed by atoms with Crippen LogP contribution >= 0.6 is 11.6 Å². The van der Waals surface area contributed by atoms with Crippen LogP contribution in [0.2, 0.25) is 5.02 Å². The SMILES string of the molecule is COc1ccc(NS(=O)(=O)c2ccc(OCC(=O)Nc3ccc(C)cc3)c(Cl)c2)cc1. The Hall–Kier alpha value is -3.23. The maximum atomic E-state index is 12.6. The van der Waals surface area contributed by atoms with Crippen LogP contribution in [0.25, 0.3) is 0 Å². The first-order valence-electron chi connectivity index (χ1n) is 9.22. The van der Waals surface area contributed by atoms with E-state index in [0.29, 0.717) is 17.1 Å². The smallest absolute Gasteiger partial charge is 0.262 e. The van der Waals surface area contributed by atoms with Gasteiger partial charge in [0.15, 0.2) is 6.61 Å². The maximum Gasteiger partial charge on any atom is 0.262 e. The second-order valence-corrected chi connectivity index (χ2v) is 8.72. The molecule has 3 aromatic carbocycles. The molecule has 162 valence electrons. The van der Waals surface area contributed by atoms with Crippen molar-refractivity contribution in [2.75, 3.05) is 23.8 Å². The van der Waals surface area contributed by atoms with E-state index in [0.717, 1.165) is 5.56 Å². The van der Waals surface area contributed by atoms with Gasteiger partial charge < -0.3 is 14.8 Å². The third-order valence-corrected chi connectivity index (χ3v) is 5.92. The summed E-state index contributed by atoms with van der Waals surface area (Å²) in [5.74, 6) is 0.445. The first kappa shape index (κ1) is 22.5. The highest BCUT2D eigenvalue weighted by atomic mass is 35.5. The summed E-state index contributed by atoms with van der Waals surface area (Å²) in [4.78, 5) is 12.0. The Morgan fingerprint density at radius 3 is 2.23 bits per heavy atom. The van der Waals surface area contributed by atoms with Crippen LogP contribution in [0.1, 0.15) is 5.56 Å². The molecule has 9 heteroatoms. The summed E-state index contributed by atoms with van der Waals surface area (Å²) in [6, 6.07) is 17.8. The Bertz CT molecular complexity index is 1160. The van der Waals surface area contributed by atoms with Crippen LogP contribution < -0.4 is 19.5 Å². The molecule has 0 aliphatic carbocycles. The first-order valence-corrected chi connectivity index (χ1v) is 11.1. The second kappa shape index (κ2) is 9.72. The quantitative estimate of drug-likeness (QED) is 0.517. The summed E-state index contributed by atoms with van der Waals surface area (Å²) in [7, 11) is -2.33. The molecule has 0 atom stereocenters. The number of nitrogens with one attached hydrogen (secondary N) is 2. The van der Waals surface area contributed by atoms with Crippen molar-refractivity contribution in [1.82, 2.24) is 0 Å². The van der Waals surface area contributed by atoms with E-state index in [1.54, 1.807) is 36.4 Å². The first-order chi connectivity index (χ1) is 14.8. The van der Waals surface area contributed by atoms with E-state index in [1.807, 2.05) is 19.1 Å². The van der Waals surface area contributed by atoms with Crippen LogP contribution in [0, 0.1) is 6.92 Å². The van der Waals surface area contributed by atoms with E-state index in [2.05, 4.69) is 10.0 Å². The van der Waals surface area contributed by atoms with Crippen molar-refractivity contribution in [3.63, 3.8) is 0 Å². The number of hydrogen-bond donors (Lipinski definition) is 2. The fraction of sp³-hybridized carbons (Fsp3) is 0.136. The molecule has 0 saturated heterocycles. The van der Waals surface area contributed by atoms with Gasteiger partial charge in [0.05, 0.1) is 17.0 Å². The standard InChI is InChI=1S/C22H21ClN2O5S/c1-15-3-5-16(6-4-15)24-22(26)14-30-21-12-11-19(13-20(21)23)31(27,28)25-17-7-9-18(29-2)10-8-17/h3-13,25H,14H2,1-2H3,(H,24,26). The number of methoxy groups -OCH3 is 1.